The molecule has 1 aliphatic rings. The normalized spacial score (nSPS) is 12.8. The van der Waals surface area contributed by atoms with E-state index in [4.69, 9.17) is 14.2 Å². The maximum absolute atomic E-state index is 12.1. The number of rotatable bonds is 5. The number of benzene rings is 1. The van der Waals surface area contributed by atoms with Gasteiger partial charge in [0, 0.05) is 29.4 Å². The molecule has 2 aromatic rings. The van der Waals surface area contributed by atoms with Gasteiger partial charge in [-0.3, -0.25) is 14.7 Å². The SMILES string of the molecule is COc1cc2c(cc1CNC(=O)Cc1c(C)[nH][nH]c1=O)OCCO2. The molecule has 24 heavy (non-hydrogen) atoms. The number of H-pyrrole nitrogens is 2. The quantitative estimate of drug-likeness (QED) is 0.745. The lowest BCUT2D eigenvalue weighted by atomic mass is 10.1. The average Bonchev–Trinajstić information content (AvgIpc) is 2.91. The Morgan fingerprint density at radius 1 is 1.25 bits per heavy atom. The molecule has 0 bridgehead atoms. The van der Waals surface area contributed by atoms with Crippen molar-refractivity contribution < 1.29 is 19.0 Å². The van der Waals surface area contributed by atoms with Crippen molar-refractivity contribution in [3.8, 4) is 17.2 Å². The fourth-order valence-electron chi connectivity index (χ4n) is 2.54. The minimum Gasteiger partial charge on any atom is -0.496 e. The van der Waals surface area contributed by atoms with Crippen LogP contribution in [0.2, 0.25) is 0 Å². The van der Waals surface area contributed by atoms with Gasteiger partial charge in [0.1, 0.15) is 19.0 Å². The second-order valence-electron chi connectivity index (χ2n) is 5.44. The van der Waals surface area contributed by atoms with E-state index in [1.54, 1.807) is 26.2 Å². The topological polar surface area (TPSA) is 105 Å². The highest BCUT2D eigenvalue weighted by Gasteiger charge is 2.17. The van der Waals surface area contributed by atoms with E-state index in [-0.39, 0.29) is 24.4 Å². The summed E-state index contributed by atoms with van der Waals surface area (Å²) >= 11 is 0. The standard InChI is InChI=1S/C16H19N3O5/c1-9-11(16(21)19-18-9)6-15(20)17-8-10-5-13-14(7-12(10)22-2)24-4-3-23-13/h5,7H,3-4,6,8H2,1-2H3,(H,17,20)(H2,18,19,21). The Hall–Kier alpha value is -2.90. The third-order valence-corrected chi connectivity index (χ3v) is 3.85. The Bertz CT molecular complexity index is 809. The maximum Gasteiger partial charge on any atom is 0.267 e. The average molecular weight is 333 g/mol. The Labute approximate surface area is 138 Å². The van der Waals surface area contributed by atoms with Crippen LogP contribution in [0.25, 0.3) is 0 Å². The summed E-state index contributed by atoms with van der Waals surface area (Å²) in [5, 5.41) is 7.95. The van der Waals surface area contributed by atoms with Crippen LogP contribution in [0.15, 0.2) is 16.9 Å². The molecule has 3 rings (SSSR count). The number of hydrogen-bond donors (Lipinski definition) is 3. The highest BCUT2D eigenvalue weighted by molar-refractivity contribution is 5.78. The van der Waals surface area contributed by atoms with Gasteiger partial charge in [-0.2, -0.15) is 0 Å². The van der Waals surface area contributed by atoms with E-state index < -0.39 is 0 Å². The summed E-state index contributed by atoms with van der Waals surface area (Å²) in [5.41, 5.74) is 1.59. The fraction of sp³-hybridized carbons (Fsp3) is 0.375. The van der Waals surface area contributed by atoms with Crippen LogP contribution in [0.1, 0.15) is 16.8 Å². The molecular weight excluding hydrogens is 314 g/mol. The molecule has 1 aromatic heterocycles. The van der Waals surface area contributed by atoms with Crippen molar-refractivity contribution in [3.63, 3.8) is 0 Å². The summed E-state index contributed by atoms with van der Waals surface area (Å²) in [6, 6.07) is 3.54. The Morgan fingerprint density at radius 3 is 2.58 bits per heavy atom. The predicted octanol–water partition coefficient (Wildman–Crippen LogP) is 0.650. The largest absolute Gasteiger partial charge is 0.496 e. The van der Waals surface area contributed by atoms with Crippen molar-refractivity contribution in [2.45, 2.75) is 19.9 Å². The van der Waals surface area contributed by atoms with Crippen LogP contribution in [0.5, 0.6) is 17.2 Å². The summed E-state index contributed by atoms with van der Waals surface area (Å²) in [4.78, 5) is 23.7. The first-order valence-corrected chi connectivity index (χ1v) is 7.58. The van der Waals surface area contributed by atoms with Gasteiger partial charge in [-0.05, 0) is 13.0 Å². The van der Waals surface area contributed by atoms with Crippen LogP contribution < -0.4 is 25.1 Å². The highest BCUT2D eigenvalue weighted by Crippen LogP contribution is 2.36. The molecule has 8 nitrogen and oxygen atoms in total. The molecule has 1 aromatic carbocycles. The number of nitrogens with one attached hydrogen (secondary N) is 3. The third kappa shape index (κ3) is 3.22. The van der Waals surface area contributed by atoms with Crippen molar-refractivity contribution >= 4 is 5.91 Å². The number of methoxy groups -OCH3 is 1. The van der Waals surface area contributed by atoms with E-state index in [0.29, 0.717) is 41.7 Å². The molecule has 1 amide bonds. The van der Waals surface area contributed by atoms with Crippen LogP contribution >= 0.6 is 0 Å². The molecule has 0 saturated heterocycles. The molecule has 3 N–H and O–H groups in total. The number of fused-ring (bicyclic) bond motifs is 1. The second-order valence-corrected chi connectivity index (χ2v) is 5.44. The molecule has 2 heterocycles. The van der Waals surface area contributed by atoms with Crippen molar-refractivity contribution in [1.29, 1.82) is 0 Å². The van der Waals surface area contributed by atoms with Crippen LogP contribution in [0.3, 0.4) is 0 Å². The Balaban J connectivity index is 1.69. The van der Waals surface area contributed by atoms with Crippen LogP contribution in [-0.4, -0.2) is 36.4 Å². The predicted molar refractivity (Wildman–Crippen MR) is 85.7 cm³/mol. The van der Waals surface area contributed by atoms with Crippen molar-refractivity contribution in [1.82, 2.24) is 15.5 Å². The second kappa shape index (κ2) is 6.69. The van der Waals surface area contributed by atoms with Gasteiger partial charge < -0.3 is 24.6 Å². The van der Waals surface area contributed by atoms with Crippen molar-refractivity contribution in [3.05, 3.63) is 39.3 Å². The molecule has 128 valence electrons. The first-order valence-electron chi connectivity index (χ1n) is 7.58. The number of hydrogen-bond acceptors (Lipinski definition) is 5. The van der Waals surface area contributed by atoms with Gasteiger partial charge in [0.2, 0.25) is 5.91 Å². The van der Waals surface area contributed by atoms with E-state index in [9.17, 15) is 9.59 Å². The number of amides is 1. The number of aromatic nitrogens is 2. The molecule has 0 unspecified atom stereocenters. The van der Waals surface area contributed by atoms with Gasteiger partial charge in [-0.15, -0.1) is 0 Å². The van der Waals surface area contributed by atoms with Crippen molar-refractivity contribution in [2.24, 2.45) is 0 Å². The molecule has 0 spiro atoms. The number of aryl methyl sites for hydroxylation is 1. The zero-order chi connectivity index (χ0) is 17.1. The molecule has 0 aliphatic carbocycles. The monoisotopic (exact) mass is 333 g/mol. The zero-order valence-corrected chi connectivity index (χ0v) is 13.5. The number of ether oxygens (including phenoxy) is 3. The minimum atomic E-state index is -0.278. The summed E-state index contributed by atoms with van der Waals surface area (Å²) in [6.45, 7) is 2.99. The van der Waals surface area contributed by atoms with Crippen LogP contribution in [0.4, 0.5) is 0 Å². The number of aromatic amines is 2. The summed E-state index contributed by atoms with van der Waals surface area (Å²) in [6.07, 6.45) is 0.0114. The van der Waals surface area contributed by atoms with Crippen LogP contribution in [0, 0.1) is 6.92 Å². The number of carbonyl (C=O) groups excluding carboxylic acids is 1. The van der Waals surface area contributed by atoms with Gasteiger partial charge in [0.15, 0.2) is 11.5 Å². The summed E-state index contributed by atoms with van der Waals surface area (Å²) in [7, 11) is 1.55. The zero-order valence-electron chi connectivity index (χ0n) is 13.5. The first-order chi connectivity index (χ1) is 11.6. The summed E-state index contributed by atoms with van der Waals surface area (Å²) < 4.78 is 16.4. The fourth-order valence-corrected chi connectivity index (χ4v) is 2.54. The van der Waals surface area contributed by atoms with Gasteiger partial charge in [-0.25, -0.2) is 0 Å². The van der Waals surface area contributed by atoms with E-state index in [0.717, 1.165) is 5.56 Å². The lowest BCUT2D eigenvalue weighted by Crippen LogP contribution is -2.27. The van der Waals surface area contributed by atoms with E-state index in [1.165, 1.54) is 0 Å². The molecule has 0 saturated carbocycles. The molecule has 0 atom stereocenters. The molecule has 8 heteroatoms. The lowest BCUT2D eigenvalue weighted by molar-refractivity contribution is -0.120. The molecular formula is C16H19N3O5. The van der Waals surface area contributed by atoms with Gasteiger partial charge in [0.25, 0.3) is 5.56 Å². The van der Waals surface area contributed by atoms with E-state index >= 15 is 0 Å². The maximum atomic E-state index is 12.1. The Kier molecular flexibility index (Phi) is 4.45. The first kappa shape index (κ1) is 16.0. The van der Waals surface area contributed by atoms with E-state index in [1.807, 2.05) is 0 Å². The van der Waals surface area contributed by atoms with Gasteiger partial charge in [-0.1, -0.05) is 0 Å². The highest BCUT2D eigenvalue weighted by atomic mass is 16.6. The Morgan fingerprint density at radius 2 is 1.96 bits per heavy atom. The minimum absolute atomic E-state index is 0.0114. The molecule has 0 fully saturated rings. The van der Waals surface area contributed by atoms with E-state index in [2.05, 4.69) is 15.5 Å². The van der Waals surface area contributed by atoms with Gasteiger partial charge in [0.05, 0.1) is 13.5 Å². The molecule has 1 aliphatic heterocycles. The van der Waals surface area contributed by atoms with Crippen LogP contribution in [-0.2, 0) is 17.8 Å². The summed E-state index contributed by atoms with van der Waals surface area (Å²) in [5.74, 6) is 1.61. The third-order valence-electron chi connectivity index (χ3n) is 3.85. The number of carbonyl (C=O) groups is 1. The van der Waals surface area contributed by atoms with Gasteiger partial charge >= 0.3 is 0 Å². The lowest BCUT2D eigenvalue weighted by Gasteiger charge is -2.20. The smallest absolute Gasteiger partial charge is 0.267 e. The van der Waals surface area contributed by atoms with Crippen molar-refractivity contribution in [2.75, 3.05) is 20.3 Å². The molecule has 0 radical (unpaired) electrons.